The predicted octanol–water partition coefficient (Wildman–Crippen LogP) is -0.462. The monoisotopic (exact) mass is 171 g/mol. The fourth-order valence-corrected chi connectivity index (χ4v) is 1.81. The lowest BCUT2D eigenvalue weighted by atomic mass is 9.89. The maximum atomic E-state index is 11.1. The van der Waals surface area contributed by atoms with Crippen LogP contribution in [-0.4, -0.2) is 38.4 Å². The molecule has 2 fully saturated rings. The van der Waals surface area contributed by atoms with E-state index in [0.29, 0.717) is 6.61 Å². The molecular weight excluding hydrogens is 158 g/mol. The maximum absolute atomic E-state index is 11.1. The molecule has 0 radical (unpaired) electrons. The van der Waals surface area contributed by atoms with Gasteiger partial charge < -0.3 is 14.8 Å². The van der Waals surface area contributed by atoms with Crippen LogP contribution in [0.1, 0.15) is 6.42 Å². The highest BCUT2D eigenvalue weighted by Gasteiger charge is 2.47. The molecule has 2 saturated heterocycles. The zero-order chi connectivity index (χ0) is 8.60. The van der Waals surface area contributed by atoms with Crippen LogP contribution in [-0.2, 0) is 14.3 Å². The number of ether oxygens (including phenoxy) is 2. The SMILES string of the molecule is COC(=O)C1COC2(CNC2)C1. The number of esters is 1. The van der Waals surface area contributed by atoms with Gasteiger partial charge in [-0.1, -0.05) is 0 Å². The molecule has 1 atom stereocenters. The van der Waals surface area contributed by atoms with Gasteiger partial charge in [0.2, 0.25) is 0 Å². The van der Waals surface area contributed by atoms with Gasteiger partial charge in [-0.3, -0.25) is 4.79 Å². The number of nitrogens with one attached hydrogen (secondary N) is 1. The standard InChI is InChI=1S/C8H13NO3/c1-11-7(10)6-2-8(12-3-6)4-9-5-8/h6,9H,2-5H2,1H3. The first kappa shape index (κ1) is 8.01. The second kappa shape index (κ2) is 2.71. The van der Waals surface area contributed by atoms with Gasteiger partial charge in [0.15, 0.2) is 0 Å². The van der Waals surface area contributed by atoms with Gasteiger partial charge in [0.1, 0.15) is 0 Å². The maximum Gasteiger partial charge on any atom is 0.311 e. The number of rotatable bonds is 1. The van der Waals surface area contributed by atoms with Gasteiger partial charge in [-0.15, -0.1) is 0 Å². The van der Waals surface area contributed by atoms with Crippen molar-refractivity contribution in [3.63, 3.8) is 0 Å². The molecule has 4 nitrogen and oxygen atoms in total. The Morgan fingerprint density at radius 3 is 2.83 bits per heavy atom. The van der Waals surface area contributed by atoms with E-state index in [4.69, 9.17) is 4.74 Å². The minimum Gasteiger partial charge on any atom is -0.469 e. The van der Waals surface area contributed by atoms with Crippen molar-refractivity contribution >= 4 is 5.97 Å². The summed E-state index contributed by atoms with van der Waals surface area (Å²) in [5, 5.41) is 3.14. The summed E-state index contributed by atoms with van der Waals surface area (Å²) in [6, 6.07) is 0. The second-order valence-corrected chi connectivity index (χ2v) is 3.52. The van der Waals surface area contributed by atoms with Gasteiger partial charge in [0, 0.05) is 13.1 Å². The molecule has 1 N–H and O–H groups in total. The summed E-state index contributed by atoms with van der Waals surface area (Å²) >= 11 is 0. The molecule has 1 unspecified atom stereocenters. The van der Waals surface area contributed by atoms with Gasteiger partial charge in [-0.05, 0) is 6.42 Å². The third kappa shape index (κ3) is 1.11. The lowest BCUT2D eigenvalue weighted by Gasteiger charge is -2.38. The summed E-state index contributed by atoms with van der Waals surface area (Å²) in [7, 11) is 1.42. The lowest BCUT2D eigenvalue weighted by molar-refractivity contribution is -0.145. The number of hydrogen-bond donors (Lipinski definition) is 1. The van der Waals surface area contributed by atoms with Crippen LogP contribution >= 0.6 is 0 Å². The van der Waals surface area contributed by atoms with Crippen molar-refractivity contribution in [2.24, 2.45) is 5.92 Å². The topological polar surface area (TPSA) is 47.6 Å². The smallest absolute Gasteiger partial charge is 0.311 e. The Balaban J connectivity index is 1.93. The molecule has 68 valence electrons. The summed E-state index contributed by atoms with van der Waals surface area (Å²) in [5.74, 6) is -0.184. The largest absolute Gasteiger partial charge is 0.469 e. The third-order valence-corrected chi connectivity index (χ3v) is 2.64. The first-order valence-corrected chi connectivity index (χ1v) is 4.18. The van der Waals surface area contributed by atoms with E-state index in [1.165, 1.54) is 7.11 Å². The first-order valence-electron chi connectivity index (χ1n) is 4.18. The first-order chi connectivity index (χ1) is 5.76. The molecule has 0 aliphatic carbocycles. The molecule has 0 saturated carbocycles. The van der Waals surface area contributed by atoms with Gasteiger partial charge in [-0.25, -0.2) is 0 Å². The quantitative estimate of drug-likeness (QED) is 0.542. The Bertz CT molecular complexity index is 200. The van der Waals surface area contributed by atoms with E-state index < -0.39 is 0 Å². The van der Waals surface area contributed by atoms with Gasteiger partial charge in [0.05, 0.1) is 25.2 Å². The van der Waals surface area contributed by atoms with Crippen molar-refractivity contribution in [2.45, 2.75) is 12.0 Å². The van der Waals surface area contributed by atoms with E-state index in [0.717, 1.165) is 19.5 Å². The fourth-order valence-electron chi connectivity index (χ4n) is 1.81. The highest BCUT2D eigenvalue weighted by Crippen LogP contribution is 2.33. The summed E-state index contributed by atoms with van der Waals surface area (Å²) in [4.78, 5) is 11.1. The van der Waals surface area contributed by atoms with Crippen LogP contribution in [0, 0.1) is 5.92 Å². The number of carbonyl (C=O) groups is 1. The highest BCUT2D eigenvalue weighted by atomic mass is 16.5. The molecular formula is C8H13NO3. The Hall–Kier alpha value is -0.610. The van der Waals surface area contributed by atoms with Gasteiger partial charge in [0.25, 0.3) is 0 Å². The summed E-state index contributed by atoms with van der Waals surface area (Å²) in [5.41, 5.74) is -0.0428. The minimum absolute atomic E-state index is 0.0428. The molecule has 2 rings (SSSR count). The van der Waals surface area contributed by atoms with E-state index in [1.807, 2.05) is 0 Å². The molecule has 4 heteroatoms. The number of carbonyl (C=O) groups excluding carboxylic acids is 1. The van der Waals surface area contributed by atoms with Crippen molar-refractivity contribution in [3.05, 3.63) is 0 Å². The third-order valence-electron chi connectivity index (χ3n) is 2.64. The Morgan fingerprint density at radius 1 is 1.67 bits per heavy atom. The van der Waals surface area contributed by atoms with Crippen LogP contribution in [0.3, 0.4) is 0 Å². The molecule has 2 heterocycles. The average molecular weight is 171 g/mol. The average Bonchev–Trinajstić information content (AvgIpc) is 2.46. The van der Waals surface area contributed by atoms with Crippen molar-refractivity contribution in [2.75, 3.05) is 26.8 Å². The van der Waals surface area contributed by atoms with Crippen LogP contribution in [0.4, 0.5) is 0 Å². The lowest BCUT2D eigenvalue weighted by Crippen LogP contribution is -2.59. The summed E-state index contributed by atoms with van der Waals surface area (Å²) in [6.45, 7) is 2.27. The van der Waals surface area contributed by atoms with E-state index >= 15 is 0 Å². The van der Waals surface area contributed by atoms with Crippen molar-refractivity contribution in [1.29, 1.82) is 0 Å². The van der Waals surface area contributed by atoms with Crippen molar-refractivity contribution < 1.29 is 14.3 Å². The van der Waals surface area contributed by atoms with E-state index in [1.54, 1.807) is 0 Å². The molecule has 0 amide bonds. The molecule has 0 aromatic rings. The molecule has 2 aliphatic rings. The summed E-state index contributed by atoms with van der Waals surface area (Å²) in [6.07, 6.45) is 0.812. The number of hydrogen-bond acceptors (Lipinski definition) is 4. The minimum atomic E-state index is -0.140. The van der Waals surface area contributed by atoms with Gasteiger partial charge in [-0.2, -0.15) is 0 Å². The van der Waals surface area contributed by atoms with Crippen LogP contribution in [0.25, 0.3) is 0 Å². The molecule has 0 bridgehead atoms. The molecule has 0 aromatic heterocycles. The molecule has 0 aromatic carbocycles. The molecule has 12 heavy (non-hydrogen) atoms. The van der Waals surface area contributed by atoms with Crippen LogP contribution in [0.5, 0.6) is 0 Å². The van der Waals surface area contributed by atoms with Crippen molar-refractivity contribution in [3.8, 4) is 0 Å². The normalized spacial score (nSPS) is 31.6. The summed E-state index contributed by atoms with van der Waals surface area (Å²) < 4.78 is 10.2. The molecule has 1 spiro atoms. The highest BCUT2D eigenvalue weighted by molar-refractivity contribution is 5.73. The fraction of sp³-hybridized carbons (Fsp3) is 0.875. The van der Waals surface area contributed by atoms with Crippen LogP contribution in [0.2, 0.25) is 0 Å². The second-order valence-electron chi connectivity index (χ2n) is 3.52. The predicted molar refractivity (Wildman–Crippen MR) is 41.7 cm³/mol. The van der Waals surface area contributed by atoms with Gasteiger partial charge >= 0.3 is 5.97 Å². The van der Waals surface area contributed by atoms with E-state index in [2.05, 4.69) is 10.1 Å². The Labute approximate surface area is 71.2 Å². The van der Waals surface area contributed by atoms with Crippen molar-refractivity contribution in [1.82, 2.24) is 5.32 Å². The zero-order valence-corrected chi connectivity index (χ0v) is 7.13. The Kier molecular flexibility index (Phi) is 1.81. The number of methoxy groups -OCH3 is 1. The van der Waals surface area contributed by atoms with E-state index in [9.17, 15) is 4.79 Å². The van der Waals surface area contributed by atoms with Crippen LogP contribution in [0.15, 0.2) is 0 Å². The van der Waals surface area contributed by atoms with E-state index in [-0.39, 0.29) is 17.5 Å². The zero-order valence-electron chi connectivity index (χ0n) is 7.13. The van der Waals surface area contributed by atoms with Crippen LogP contribution < -0.4 is 5.32 Å². The molecule has 2 aliphatic heterocycles. The Morgan fingerprint density at radius 2 is 2.42 bits per heavy atom.